The minimum absolute atomic E-state index is 0.0916. The molecule has 0 fully saturated rings. The van der Waals surface area contributed by atoms with Gasteiger partial charge in [0.1, 0.15) is 13.2 Å². The summed E-state index contributed by atoms with van der Waals surface area (Å²) in [5, 5.41) is 0. The lowest BCUT2D eigenvalue weighted by Gasteiger charge is -2.18. The van der Waals surface area contributed by atoms with Crippen LogP contribution in [0, 0.1) is 0 Å². The lowest BCUT2D eigenvalue weighted by molar-refractivity contribution is -0.167. The molecule has 1 unspecified atom stereocenters. The minimum Gasteiger partial charge on any atom is -0.462 e. The van der Waals surface area contributed by atoms with E-state index in [-0.39, 0.29) is 31.1 Å². The van der Waals surface area contributed by atoms with E-state index in [0.717, 1.165) is 89.9 Å². The number of esters is 3. The fourth-order valence-corrected chi connectivity index (χ4v) is 6.76. The molecule has 0 heterocycles. The molecule has 6 heteroatoms. The number of hydrogen-bond acceptors (Lipinski definition) is 6. The van der Waals surface area contributed by atoms with Gasteiger partial charge in [0.25, 0.3) is 0 Å². The van der Waals surface area contributed by atoms with Crippen molar-refractivity contribution in [3.8, 4) is 0 Å². The number of carbonyl (C=O) groups excluding carboxylic acids is 3. The Kier molecular flexibility index (Phi) is 44.9. The molecule has 0 radical (unpaired) electrons. The van der Waals surface area contributed by atoms with Gasteiger partial charge in [-0.05, 0) is 89.9 Å². The molecule has 0 bridgehead atoms. The summed E-state index contributed by atoms with van der Waals surface area (Å²) < 4.78 is 16.7. The predicted octanol–water partition coefficient (Wildman–Crippen LogP) is 15.9. The number of allylic oxidation sites excluding steroid dienone is 8. The molecule has 0 aliphatic rings. The van der Waals surface area contributed by atoms with Gasteiger partial charge in [0.05, 0.1) is 0 Å². The van der Waals surface area contributed by atoms with Crippen molar-refractivity contribution in [2.75, 3.05) is 13.2 Å². The molecule has 6 nitrogen and oxygen atoms in total. The highest BCUT2D eigenvalue weighted by Crippen LogP contribution is 2.13. The first-order chi connectivity index (χ1) is 28.5. The fraction of sp³-hybridized carbons (Fsp3) is 0.788. The molecular weight excluding hydrogens is 721 g/mol. The first-order valence-electron chi connectivity index (χ1n) is 24.7. The summed E-state index contributed by atoms with van der Waals surface area (Å²) >= 11 is 0. The molecule has 58 heavy (non-hydrogen) atoms. The summed E-state index contributed by atoms with van der Waals surface area (Å²) in [5.74, 6) is -0.942. The Morgan fingerprint density at radius 2 is 0.638 bits per heavy atom. The summed E-state index contributed by atoms with van der Waals surface area (Å²) in [6, 6.07) is 0. The van der Waals surface area contributed by atoms with Crippen molar-refractivity contribution in [3.05, 3.63) is 48.6 Å². The molecule has 0 aromatic heterocycles. The second-order valence-electron chi connectivity index (χ2n) is 16.4. The molecule has 0 N–H and O–H groups in total. The van der Waals surface area contributed by atoms with E-state index in [1.54, 1.807) is 0 Å². The van der Waals surface area contributed by atoms with Crippen LogP contribution < -0.4 is 0 Å². The molecule has 0 aliphatic heterocycles. The van der Waals surface area contributed by atoms with E-state index in [9.17, 15) is 14.4 Å². The summed E-state index contributed by atoms with van der Waals surface area (Å²) in [4.78, 5) is 37.8. The molecule has 336 valence electrons. The summed E-state index contributed by atoms with van der Waals surface area (Å²) in [6.07, 6.45) is 55.2. The SMILES string of the molecule is CCCC/C=C\C=C/CCCCCC(=O)OCC(COC(=O)CCCCCCC/C=C\CCCCCCCCC)OC(=O)CCCCC/C=C\CCCCCCCC. The lowest BCUT2D eigenvalue weighted by atomic mass is 10.1. The van der Waals surface area contributed by atoms with E-state index in [2.05, 4.69) is 69.4 Å². The van der Waals surface area contributed by atoms with Crippen molar-refractivity contribution < 1.29 is 28.6 Å². The number of rotatable bonds is 44. The van der Waals surface area contributed by atoms with Crippen molar-refractivity contribution in [2.24, 2.45) is 0 Å². The van der Waals surface area contributed by atoms with Gasteiger partial charge >= 0.3 is 17.9 Å². The third-order valence-electron chi connectivity index (χ3n) is 10.6. The van der Waals surface area contributed by atoms with Crippen LogP contribution in [0.5, 0.6) is 0 Å². The molecule has 0 saturated heterocycles. The van der Waals surface area contributed by atoms with Crippen LogP contribution in [0.2, 0.25) is 0 Å². The van der Waals surface area contributed by atoms with Crippen molar-refractivity contribution in [1.82, 2.24) is 0 Å². The van der Waals surface area contributed by atoms with Crippen molar-refractivity contribution in [3.63, 3.8) is 0 Å². The highest BCUT2D eigenvalue weighted by Gasteiger charge is 2.19. The number of hydrogen-bond donors (Lipinski definition) is 0. The van der Waals surface area contributed by atoms with Gasteiger partial charge in [-0.3, -0.25) is 14.4 Å². The van der Waals surface area contributed by atoms with Gasteiger partial charge in [0.2, 0.25) is 0 Å². The zero-order chi connectivity index (χ0) is 42.3. The zero-order valence-corrected chi connectivity index (χ0v) is 38.3. The van der Waals surface area contributed by atoms with Gasteiger partial charge in [-0.1, -0.05) is 185 Å². The van der Waals surface area contributed by atoms with E-state index in [1.165, 1.54) is 116 Å². The molecule has 0 amide bonds. The molecule has 0 saturated carbocycles. The molecule has 0 aromatic carbocycles. The maximum atomic E-state index is 12.7. The van der Waals surface area contributed by atoms with Crippen LogP contribution in [-0.2, 0) is 28.6 Å². The first kappa shape index (κ1) is 55.4. The maximum absolute atomic E-state index is 12.7. The van der Waals surface area contributed by atoms with Gasteiger partial charge in [0, 0.05) is 19.3 Å². The van der Waals surface area contributed by atoms with E-state index >= 15 is 0 Å². The second kappa shape index (κ2) is 47.1. The third kappa shape index (κ3) is 44.5. The molecular formula is C52H92O6. The van der Waals surface area contributed by atoms with Crippen molar-refractivity contribution in [2.45, 2.75) is 252 Å². The Morgan fingerprint density at radius 3 is 1.03 bits per heavy atom. The highest BCUT2D eigenvalue weighted by atomic mass is 16.6. The van der Waals surface area contributed by atoms with Crippen LogP contribution >= 0.6 is 0 Å². The number of carbonyl (C=O) groups is 3. The van der Waals surface area contributed by atoms with Gasteiger partial charge in [0.15, 0.2) is 6.10 Å². The third-order valence-corrected chi connectivity index (χ3v) is 10.6. The predicted molar refractivity (Wildman–Crippen MR) is 247 cm³/mol. The normalized spacial score (nSPS) is 12.4. The fourth-order valence-electron chi connectivity index (χ4n) is 6.76. The average molecular weight is 813 g/mol. The monoisotopic (exact) mass is 813 g/mol. The Morgan fingerprint density at radius 1 is 0.345 bits per heavy atom. The van der Waals surface area contributed by atoms with Gasteiger partial charge in [-0.15, -0.1) is 0 Å². The Bertz CT molecular complexity index is 1030. The van der Waals surface area contributed by atoms with Crippen LogP contribution in [0.25, 0.3) is 0 Å². The van der Waals surface area contributed by atoms with Crippen LogP contribution in [0.3, 0.4) is 0 Å². The Labute approximate surface area is 358 Å². The van der Waals surface area contributed by atoms with E-state index < -0.39 is 6.10 Å². The van der Waals surface area contributed by atoms with Crippen LogP contribution in [0.15, 0.2) is 48.6 Å². The number of unbranched alkanes of at least 4 members (excludes halogenated alkanes) is 26. The minimum atomic E-state index is -0.792. The van der Waals surface area contributed by atoms with Gasteiger partial charge in [-0.2, -0.15) is 0 Å². The second-order valence-corrected chi connectivity index (χ2v) is 16.4. The van der Waals surface area contributed by atoms with E-state index in [1.807, 2.05) is 0 Å². The Balaban J connectivity index is 4.41. The Hall–Kier alpha value is -2.63. The molecule has 1 atom stereocenters. The molecule has 0 aromatic rings. The zero-order valence-electron chi connectivity index (χ0n) is 38.3. The standard InChI is InChI=1S/C52H92O6/c1-4-7-10-13-16-19-22-24-25-26-28-30-33-36-39-42-45-51(54)57-48-49(47-56-50(53)44-41-38-35-32-29-21-18-15-12-9-6-3)58-52(55)46-43-40-37-34-31-27-23-20-17-14-11-8-5-2/h15,18,21,25-27,29,31,49H,4-14,16-17,19-20,22-24,28,30,32-48H2,1-3H3/b18-15-,26-25-,29-21-,31-27-. The van der Waals surface area contributed by atoms with E-state index in [4.69, 9.17) is 14.2 Å². The smallest absolute Gasteiger partial charge is 0.306 e. The molecule has 0 aliphatic carbocycles. The quantitative estimate of drug-likeness (QED) is 0.0200. The average Bonchev–Trinajstić information content (AvgIpc) is 3.22. The topological polar surface area (TPSA) is 78.9 Å². The first-order valence-corrected chi connectivity index (χ1v) is 24.7. The van der Waals surface area contributed by atoms with Gasteiger partial charge in [-0.25, -0.2) is 0 Å². The maximum Gasteiger partial charge on any atom is 0.306 e. The number of ether oxygens (including phenoxy) is 3. The van der Waals surface area contributed by atoms with Crippen LogP contribution in [-0.4, -0.2) is 37.2 Å². The summed E-state index contributed by atoms with van der Waals surface area (Å²) in [6.45, 7) is 6.53. The van der Waals surface area contributed by atoms with Crippen molar-refractivity contribution >= 4 is 17.9 Å². The van der Waals surface area contributed by atoms with Crippen LogP contribution in [0.4, 0.5) is 0 Å². The lowest BCUT2D eigenvalue weighted by Crippen LogP contribution is -2.30. The largest absolute Gasteiger partial charge is 0.462 e. The van der Waals surface area contributed by atoms with Crippen LogP contribution in [0.1, 0.15) is 245 Å². The summed E-state index contributed by atoms with van der Waals surface area (Å²) in [7, 11) is 0. The molecule has 0 spiro atoms. The van der Waals surface area contributed by atoms with E-state index in [0.29, 0.717) is 19.3 Å². The van der Waals surface area contributed by atoms with Crippen molar-refractivity contribution in [1.29, 1.82) is 0 Å². The summed E-state index contributed by atoms with van der Waals surface area (Å²) in [5.41, 5.74) is 0. The van der Waals surface area contributed by atoms with Gasteiger partial charge < -0.3 is 14.2 Å². The molecule has 0 rings (SSSR count). The highest BCUT2D eigenvalue weighted by molar-refractivity contribution is 5.71.